The van der Waals surface area contributed by atoms with Gasteiger partial charge in [-0.1, -0.05) is 37.8 Å². The van der Waals surface area contributed by atoms with Crippen molar-refractivity contribution in [2.75, 3.05) is 13.2 Å². The van der Waals surface area contributed by atoms with Gasteiger partial charge in [0.05, 0.1) is 23.2 Å². The zero-order chi connectivity index (χ0) is 19.0. The molecule has 0 radical (unpaired) electrons. The van der Waals surface area contributed by atoms with Crippen LogP contribution < -0.4 is 0 Å². The number of hydrogen-bond acceptors (Lipinski definition) is 4. The van der Waals surface area contributed by atoms with Gasteiger partial charge in [0, 0.05) is 6.61 Å². The fraction of sp³-hybridized carbons (Fsp3) is 0.500. The van der Waals surface area contributed by atoms with Crippen LogP contribution in [0.1, 0.15) is 64.7 Å². The van der Waals surface area contributed by atoms with E-state index in [9.17, 15) is 14.7 Å². The van der Waals surface area contributed by atoms with E-state index in [2.05, 4.69) is 0 Å². The molecule has 0 saturated carbocycles. The zero-order valence-electron chi connectivity index (χ0n) is 15.8. The van der Waals surface area contributed by atoms with Crippen molar-refractivity contribution in [1.82, 2.24) is 0 Å². The van der Waals surface area contributed by atoms with Gasteiger partial charge in [-0.05, 0) is 24.9 Å². The number of aliphatic hydroxyl groups is 1. The van der Waals surface area contributed by atoms with Crippen molar-refractivity contribution in [3.63, 3.8) is 0 Å². The Hall–Kier alpha value is -1.88. The number of aliphatic hydroxyl groups excluding tert-OH is 1. The first kappa shape index (κ1) is 11.7. The van der Waals surface area contributed by atoms with Gasteiger partial charge in [-0.25, -0.2) is 9.59 Å². The molecule has 0 fully saturated rings. The second kappa shape index (κ2) is 9.94. The van der Waals surface area contributed by atoms with Crippen LogP contribution in [0.15, 0.2) is 24.2 Å². The van der Waals surface area contributed by atoms with Crippen molar-refractivity contribution in [2.24, 2.45) is 0 Å². The van der Waals surface area contributed by atoms with Crippen molar-refractivity contribution in [1.29, 1.82) is 0 Å². The minimum atomic E-state index is -1.61. The third kappa shape index (κ3) is 6.40. The predicted octanol–water partition coefficient (Wildman–Crippen LogP) is 2.87. The lowest BCUT2D eigenvalue weighted by molar-refractivity contribution is 0.0487. The molecule has 1 rings (SSSR count). The molecule has 0 aliphatic rings. The summed E-state index contributed by atoms with van der Waals surface area (Å²) in [5.41, 5.74) is -1.43. The highest BCUT2D eigenvalue weighted by atomic mass is 16.5. The molecule has 0 aliphatic heterocycles. The Morgan fingerprint density at radius 1 is 1.00 bits per heavy atom. The number of unbranched alkanes of at least 4 members (excludes halogenated alkanes) is 5. The van der Waals surface area contributed by atoms with Crippen molar-refractivity contribution >= 4 is 11.9 Å². The molecule has 0 aliphatic carbocycles. The fourth-order valence-corrected chi connectivity index (χ4v) is 1.78. The van der Waals surface area contributed by atoms with Gasteiger partial charge in [0.2, 0.25) is 0 Å². The lowest BCUT2D eigenvalue weighted by Crippen LogP contribution is -2.12. The van der Waals surface area contributed by atoms with E-state index < -0.39 is 47.2 Å². The normalized spacial score (nSPS) is 13.0. The molecule has 0 spiro atoms. The molecule has 116 valence electrons. The van der Waals surface area contributed by atoms with Crippen LogP contribution in [0.2, 0.25) is 0 Å². The first-order chi connectivity index (χ1) is 11.8. The monoisotopic (exact) mass is 298 g/mol. The summed E-state index contributed by atoms with van der Waals surface area (Å²) >= 11 is 0. The minimum Gasteiger partial charge on any atom is -0.478 e. The molecule has 0 atom stereocenters. The summed E-state index contributed by atoms with van der Waals surface area (Å²) in [5.74, 6) is -2.67. The van der Waals surface area contributed by atoms with Crippen LogP contribution in [0, 0.1) is 0 Å². The molecule has 0 saturated heterocycles. The van der Waals surface area contributed by atoms with Crippen LogP contribution in [0.3, 0.4) is 0 Å². The molecule has 5 heteroatoms. The molecule has 1 aromatic carbocycles. The highest BCUT2D eigenvalue weighted by Crippen LogP contribution is 2.11. The van der Waals surface area contributed by atoms with Crippen LogP contribution in [-0.2, 0) is 4.74 Å². The van der Waals surface area contributed by atoms with E-state index >= 15 is 0 Å². The summed E-state index contributed by atoms with van der Waals surface area (Å²) in [6.45, 7) is 0.215. The standard InChI is InChI=1S/C16H22O5/c17-11-7-3-1-2-4-8-12-21-16(20)14-10-6-5-9-13(14)15(18)19/h5-6,9-10,17H,1-4,7-8,11-12H2,(H,18,19)/i5D,6D,9D,10D. The number of rotatable bonds is 10. The summed E-state index contributed by atoms with van der Waals surface area (Å²) in [7, 11) is 0. The summed E-state index contributed by atoms with van der Waals surface area (Å²) < 4.78 is 35.4. The maximum absolute atomic E-state index is 12.1. The topological polar surface area (TPSA) is 83.8 Å². The molecule has 0 amide bonds. The number of carbonyl (C=O) groups excluding carboxylic acids is 1. The summed E-state index contributed by atoms with van der Waals surface area (Å²) in [4.78, 5) is 23.4. The van der Waals surface area contributed by atoms with Gasteiger partial charge in [-0.3, -0.25) is 0 Å². The Labute approximate surface area is 130 Å². The van der Waals surface area contributed by atoms with E-state index in [1.165, 1.54) is 0 Å². The number of hydrogen-bond donors (Lipinski definition) is 2. The van der Waals surface area contributed by atoms with Crippen LogP contribution in [0.25, 0.3) is 0 Å². The second-order valence-corrected chi connectivity index (χ2v) is 4.54. The van der Waals surface area contributed by atoms with Gasteiger partial charge >= 0.3 is 11.9 Å². The lowest BCUT2D eigenvalue weighted by atomic mass is 10.1. The second-order valence-electron chi connectivity index (χ2n) is 4.54. The van der Waals surface area contributed by atoms with Crippen LogP contribution in [-0.4, -0.2) is 35.4 Å². The van der Waals surface area contributed by atoms with E-state index in [0.717, 1.165) is 32.1 Å². The van der Waals surface area contributed by atoms with E-state index in [0.29, 0.717) is 6.42 Å². The Morgan fingerprint density at radius 2 is 1.57 bits per heavy atom. The van der Waals surface area contributed by atoms with E-state index in [4.69, 9.17) is 15.3 Å². The van der Waals surface area contributed by atoms with Gasteiger partial charge in [-0.15, -0.1) is 0 Å². The average molecular weight is 298 g/mol. The fourth-order valence-electron chi connectivity index (χ4n) is 1.78. The number of ether oxygens (including phenoxy) is 1. The molecule has 21 heavy (non-hydrogen) atoms. The number of benzene rings is 1. The van der Waals surface area contributed by atoms with Crippen molar-refractivity contribution in [2.45, 2.75) is 38.5 Å². The Kier molecular flexibility index (Phi) is 5.56. The van der Waals surface area contributed by atoms with Gasteiger partial charge in [0.25, 0.3) is 0 Å². The number of carboxylic acid groups (broad SMARTS) is 1. The molecule has 0 aromatic heterocycles. The van der Waals surface area contributed by atoms with Crippen LogP contribution in [0.4, 0.5) is 0 Å². The van der Waals surface area contributed by atoms with Crippen molar-refractivity contribution in [3.8, 4) is 0 Å². The van der Waals surface area contributed by atoms with Gasteiger partial charge < -0.3 is 14.9 Å². The molecule has 0 heterocycles. The Bertz CT molecular complexity index is 634. The summed E-state index contributed by atoms with van der Waals surface area (Å²) in [6, 6.07) is -2.87. The number of carboxylic acids is 1. The quantitative estimate of drug-likeness (QED) is 0.512. The molecule has 2 N–H and O–H groups in total. The predicted molar refractivity (Wildman–Crippen MR) is 78.5 cm³/mol. The number of esters is 1. The molecule has 0 unspecified atom stereocenters. The molecule has 0 bridgehead atoms. The smallest absolute Gasteiger partial charge is 0.339 e. The molecular formula is C16H22O5. The maximum Gasteiger partial charge on any atom is 0.339 e. The number of aromatic carboxylic acids is 1. The van der Waals surface area contributed by atoms with Gasteiger partial charge in [0.15, 0.2) is 0 Å². The Balaban J connectivity index is 2.71. The lowest BCUT2D eigenvalue weighted by Gasteiger charge is -2.07. The van der Waals surface area contributed by atoms with E-state index in [1.807, 2.05) is 0 Å². The zero-order valence-corrected chi connectivity index (χ0v) is 11.8. The van der Waals surface area contributed by atoms with Crippen LogP contribution >= 0.6 is 0 Å². The van der Waals surface area contributed by atoms with Crippen molar-refractivity contribution < 1.29 is 30.0 Å². The van der Waals surface area contributed by atoms with Crippen LogP contribution in [0.5, 0.6) is 0 Å². The van der Waals surface area contributed by atoms with E-state index in [1.54, 1.807) is 0 Å². The number of carbonyl (C=O) groups is 2. The van der Waals surface area contributed by atoms with Gasteiger partial charge in [0.1, 0.15) is 0 Å². The Morgan fingerprint density at radius 3 is 2.19 bits per heavy atom. The third-order valence-electron chi connectivity index (χ3n) is 2.89. The maximum atomic E-state index is 12.1. The highest BCUT2D eigenvalue weighted by Gasteiger charge is 2.16. The third-order valence-corrected chi connectivity index (χ3v) is 2.89. The van der Waals surface area contributed by atoms with Gasteiger partial charge in [-0.2, -0.15) is 0 Å². The molecule has 1 aromatic rings. The summed E-state index contributed by atoms with van der Waals surface area (Å²) in [5, 5.41) is 17.8. The minimum absolute atomic E-state index is 0.0423. The average Bonchev–Trinajstić information content (AvgIpc) is 2.57. The molecular weight excluding hydrogens is 272 g/mol. The first-order valence-electron chi connectivity index (χ1n) is 8.94. The van der Waals surface area contributed by atoms with Crippen molar-refractivity contribution in [3.05, 3.63) is 35.3 Å². The first-order valence-corrected chi connectivity index (χ1v) is 6.94. The SMILES string of the molecule is [2H]c1c([2H])c([2H])c(C(=O)OCCCCCCCCO)c(C(=O)O)c1[2H]. The molecule has 5 nitrogen and oxygen atoms in total. The largest absolute Gasteiger partial charge is 0.478 e. The summed E-state index contributed by atoms with van der Waals surface area (Å²) in [6.07, 6.45) is 4.94. The van der Waals surface area contributed by atoms with E-state index in [-0.39, 0.29) is 13.2 Å². The highest BCUT2D eigenvalue weighted by molar-refractivity contribution is 6.02.